The summed E-state index contributed by atoms with van der Waals surface area (Å²) in [5.41, 5.74) is 0.147. The third-order valence-corrected chi connectivity index (χ3v) is 4.39. The molecule has 2 aromatic rings. The lowest BCUT2D eigenvalue weighted by atomic mass is 9.90. The quantitative estimate of drug-likeness (QED) is 0.607. The van der Waals surface area contributed by atoms with E-state index in [0.717, 1.165) is 30.3 Å². The van der Waals surface area contributed by atoms with Crippen LogP contribution in [0.5, 0.6) is 23.0 Å². The van der Waals surface area contributed by atoms with Crippen LogP contribution in [-0.4, -0.2) is 29.7 Å². The summed E-state index contributed by atoms with van der Waals surface area (Å²) in [5, 5.41) is 9.04. The van der Waals surface area contributed by atoms with E-state index in [-0.39, 0.29) is 27.8 Å². The van der Waals surface area contributed by atoms with Crippen LogP contribution in [0.1, 0.15) is 5.56 Å². The first-order valence-corrected chi connectivity index (χ1v) is 8.53. The second kappa shape index (κ2) is 7.78. The summed E-state index contributed by atoms with van der Waals surface area (Å²) in [5.74, 6) is -4.37. The van der Waals surface area contributed by atoms with Crippen molar-refractivity contribution in [3.8, 4) is 23.0 Å². The van der Waals surface area contributed by atoms with Crippen LogP contribution in [0.2, 0.25) is 5.02 Å². The molecule has 2 unspecified atom stereocenters. The highest BCUT2D eigenvalue weighted by Gasteiger charge is 2.52. The minimum absolute atomic E-state index is 0.0259. The van der Waals surface area contributed by atoms with Gasteiger partial charge in [0, 0.05) is 6.07 Å². The van der Waals surface area contributed by atoms with E-state index in [9.17, 15) is 31.1 Å². The van der Waals surface area contributed by atoms with Crippen molar-refractivity contribution in [2.45, 2.75) is 25.1 Å². The van der Waals surface area contributed by atoms with Crippen LogP contribution in [0.4, 0.5) is 26.3 Å². The largest absolute Gasteiger partial charge is 0.573 e. The molecule has 1 heterocycles. The molecule has 162 valence electrons. The number of halogens is 7. The average Bonchev–Trinajstić information content (AvgIpc) is 2.61. The molecular formula is C18H11ClF6O5. The summed E-state index contributed by atoms with van der Waals surface area (Å²) in [6.07, 6.45) is -12.8. The van der Waals surface area contributed by atoms with Crippen molar-refractivity contribution < 1.29 is 50.5 Å². The molecule has 1 N–H and O–H groups in total. The lowest BCUT2D eigenvalue weighted by Crippen LogP contribution is -2.47. The smallest absolute Gasteiger partial charge is 0.481 e. The van der Waals surface area contributed by atoms with Gasteiger partial charge in [0.25, 0.3) is 0 Å². The van der Waals surface area contributed by atoms with Crippen LogP contribution in [0.25, 0.3) is 0 Å². The maximum absolute atomic E-state index is 13.2. The maximum Gasteiger partial charge on any atom is 0.573 e. The SMILES string of the molecule is O=C(O)C1Cc2cc(Cl)c(Oc3ccc(OC(F)(F)F)cc3)cc2OC1C(F)(F)F. The second-order valence-corrected chi connectivity index (χ2v) is 6.65. The zero-order chi connectivity index (χ0) is 22.3. The fourth-order valence-corrected chi connectivity index (χ4v) is 3.06. The number of carbonyl (C=O) groups is 1. The van der Waals surface area contributed by atoms with Crippen molar-refractivity contribution in [1.29, 1.82) is 0 Å². The van der Waals surface area contributed by atoms with Crippen molar-refractivity contribution in [2.24, 2.45) is 5.92 Å². The molecule has 0 amide bonds. The zero-order valence-electron chi connectivity index (χ0n) is 14.6. The number of hydrogen-bond acceptors (Lipinski definition) is 4. The Morgan fingerprint density at radius 1 is 1.07 bits per heavy atom. The fourth-order valence-electron chi connectivity index (χ4n) is 2.83. The number of carboxylic acid groups (broad SMARTS) is 1. The molecule has 0 aromatic heterocycles. The van der Waals surface area contributed by atoms with E-state index in [4.69, 9.17) is 26.2 Å². The molecule has 1 aliphatic heterocycles. The monoisotopic (exact) mass is 456 g/mol. The van der Waals surface area contributed by atoms with Crippen LogP contribution in [0, 0.1) is 5.92 Å². The van der Waals surface area contributed by atoms with Crippen molar-refractivity contribution in [3.05, 3.63) is 47.0 Å². The molecule has 0 radical (unpaired) electrons. The summed E-state index contributed by atoms with van der Waals surface area (Å²) < 4.78 is 90.2. The van der Waals surface area contributed by atoms with E-state index in [1.165, 1.54) is 6.07 Å². The molecule has 0 saturated carbocycles. The number of benzene rings is 2. The Morgan fingerprint density at radius 2 is 1.67 bits per heavy atom. The molecule has 12 heteroatoms. The van der Waals surface area contributed by atoms with Gasteiger partial charge in [-0.3, -0.25) is 4.79 Å². The van der Waals surface area contributed by atoms with Gasteiger partial charge < -0.3 is 19.3 Å². The first kappa shape index (κ1) is 21.9. The molecular weight excluding hydrogens is 446 g/mol. The van der Waals surface area contributed by atoms with E-state index < -0.39 is 42.7 Å². The van der Waals surface area contributed by atoms with E-state index in [2.05, 4.69) is 4.74 Å². The highest BCUT2D eigenvalue weighted by atomic mass is 35.5. The molecule has 0 fully saturated rings. The number of fused-ring (bicyclic) bond motifs is 1. The van der Waals surface area contributed by atoms with Crippen molar-refractivity contribution in [2.75, 3.05) is 0 Å². The van der Waals surface area contributed by atoms with Crippen LogP contribution in [0.3, 0.4) is 0 Å². The van der Waals surface area contributed by atoms with Gasteiger partial charge in [0.15, 0.2) is 0 Å². The minimum atomic E-state index is -4.92. The van der Waals surface area contributed by atoms with Gasteiger partial charge in [-0.05, 0) is 42.3 Å². The van der Waals surface area contributed by atoms with Gasteiger partial charge in [0.05, 0.1) is 5.02 Å². The highest BCUT2D eigenvalue weighted by molar-refractivity contribution is 6.32. The minimum Gasteiger partial charge on any atom is -0.481 e. The first-order chi connectivity index (χ1) is 13.8. The zero-order valence-corrected chi connectivity index (χ0v) is 15.3. The average molecular weight is 457 g/mol. The predicted molar refractivity (Wildman–Crippen MR) is 90.0 cm³/mol. The summed E-state index contributed by atoms with van der Waals surface area (Å²) in [4.78, 5) is 11.2. The van der Waals surface area contributed by atoms with Gasteiger partial charge in [-0.25, -0.2) is 0 Å². The number of ether oxygens (including phenoxy) is 3. The van der Waals surface area contributed by atoms with Gasteiger partial charge in [-0.15, -0.1) is 13.2 Å². The highest BCUT2D eigenvalue weighted by Crippen LogP contribution is 2.43. The molecule has 0 saturated heterocycles. The van der Waals surface area contributed by atoms with Crippen LogP contribution < -0.4 is 14.2 Å². The Kier molecular flexibility index (Phi) is 5.68. The van der Waals surface area contributed by atoms with E-state index in [1.807, 2.05) is 0 Å². The molecule has 2 aromatic carbocycles. The van der Waals surface area contributed by atoms with Gasteiger partial charge in [-0.2, -0.15) is 13.2 Å². The summed E-state index contributed by atoms with van der Waals surface area (Å²) >= 11 is 6.06. The van der Waals surface area contributed by atoms with E-state index in [0.29, 0.717) is 0 Å². The molecule has 5 nitrogen and oxygen atoms in total. The molecule has 30 heavy (non-hydrogen) atoms. The lowest BCUT2D eigenvalue weighted by Gasteiger charge is -2.32. The third kappa shape index (κ3) is 5.02. The van der Waals surface area contributed by atoms with Crippen LogP contribution in [-0.2, 0) is 11.2 Å². The van der Waals surface area contributed by atoms with Gasteiger partial charge in [0.2, 0.25) is 6.10 Å². The summed E-state index contributed by atoms with van der Waals surface area (Å²) in [6, 6.07) is 6.50. The Bertz CT molecular complexity index is 942. The predicted octanol–water partition coefficient (Wildman–Crippen LogP) is 5.60. The second-order valence-electron chi connectivity index (χ2n) is 6.24. The molecule has 0 aliphatic carbocycles. The van der Waals surface area contributed by atoms with Gasteiger partial charge in [-0.1, -0.05) is 11.6 Å². The Hall–Kier alpha value is -2.82. The lowest BCUT2D eigenvalue weighted by molar-refractivity contribution is -0.274. The van der Waals surface area contributed by atoms with Gasteiger partial charge >= 0.3 is 18.5 Å². The Balaban J connectivity index is 1.85. The normalized spacial score (nSPS) is 18.9. The first-order valence-electron chi connectivity index (χ1n) is 8.16. The topological polar surface area (TPSA) is 65.0 Å². The standard InChI is InChI=1S/C18H11ClF6O5/c19-12-6-8-5-11(16(26)27)15(17(20,21)22)29-13(8)7-14(12)28-9-1-3-10(4-2-9)30-18(23,24)25/h1-4,6-7,11,15H,5H2,(H,26,27). The van der Waals surface area contributed by atoms with Crippen LogP contribution >= 0.6 is 11.6 Å². The number of alkyl halides is 6. The Labute approximate surface area is 169 Å². The van der Waals surface area contributed by atoms with Crippen molar-refractivity contribution >= 4 is 17.6 Å². The Morgan fingerprint density at radius 3 is 2.20 bits per heavy atom. The molecule has 3 rings (SSSR count). The third-order valence-electron chi connectivity index (χ3n) is 4.10. The molecule has 2 atom stereocenters. The molecule has 0 spiro atoms. The van der Waals surface area contributed by atoms with Gasteiger partial charge in [0.1, 0.15) is 28.9 Å². The molecule has 1 aliphatic rings. The van der Waals surface area contributed by atoms with Crippen molar-refractivity contribution in [1.82, 2.24) is 0 Å². The number of rotatable bonds is 4. The maximum atomic E-state index is 13.2. The molecule has 0 bridgehead atoms. The number of aliphatic carboxylic acids is 1. The fraction of sp³-hybridized carbons (Fsp3) is 0.278. The number of hydrogen-bond donors (Lipinski definition) is 1. The van der Waals surface area contributed by atoms with Crippen molar-refractivity contribution in [3.63, 3.8) is 0 Å². The van der Waals surface area contributed by atoms with E-state index in [1.54, 1.807) is 0 Å². The summed E-state index contributed by atoms with van der Waals surface area (Å²) in [7, 11) is 0. The van der Waals surface area contributed by atoms with Crippen LogP contribution in [0.15, 0.2) is 36.4 Å². The van der Waals surface area contributed by atoms with E-state index >= 15 is 0 Å². The summed E-state index contributed by atoms with van der Waals surface area (Å²) in [6.45, 7) is 0. The number of carboxylic acids is 1.